The van der Waals surface area contributed by atoms with Crippen molar-refractivity contribution in [2.75, 3.05) is 43.5 Å². The highest BCUT2D eigenvalue weighted by Gasteiger charge is 2.26. The number of hydrogen-bond donors (Lipinski definition) is 2. The number of rotatable bonds is 9. The topological polar surface area (TPSA) is 112 Å². The van der Waals surface area contributed by atoms with E-state index < -0.39 is 17.5 Å². The Bertz CT molecular complexity index is 1490. The second-order valence-corrected chi connectivity index (χ2v) is 9.93. The predicted octanol–water partition coefficient (Wildman–Crippen LogP) is 4.10. The van der Waals surface area contributed by atoms with Crippen LogP contribution in [0, 0.1) is 11.6 Å². The standard InChI is InChI=1S/C28H32F2N8O2/c1-3-4-18-14-31-28(32-15-18)37-9-7-20(8-10-37)38-16-22(30)24-25(33-17-34-26(24)38)35-23-6-5-19(13-21(23)29)27(40)36(2)11-12-39/h5-6,13-17,20,39H,3-4,7-12H2,1-2H3,(H,33,34,35). The largest absolute Gasteiger partial charge is 0.395 e. The average Bonchev–Trinajstić information content (AvgIpc) is 3.31. The highest BCUT2D eigenvalue weighted by molar-refractivity contribution is 5.95. The molecule has 12 heteroatoms. The van der Waals surface area contributed by atoms with E-state index in [4.69, 9.17) is 5.11 Å². The summed E-state index contributed by atoms with van der Waals surface area (Å²) < 4.78 is 32.0. The summed E-state index contributed by atoms with van der Waals surface area (Å²) in [5, 5.41) is 12.1. The van der Waals surface area contributed by atoms with E-state index in [1.165, 1.54) is 36.6 Å². The van der Waals surface area contributed by atoms with Crippen LogP contribution < -0.4 is 10.2 Å². The molecule has 210 valence electrons. The lowest BCUT2D eigenvalue weighted by Gasteiger charge is -2.32. The number of anilines is 3. The third-order valence-corrected chi connectivity index (χ3v) is 7.19. The van der Waals surface area contributed by atoms with Gasteiger partial charge in [0.05, 0.1) is 17.7 Å². The molecule has 3 aromatic heterocycles. The number of aliphatic hydroxyl groups excluding tert-OH is 1. The van der Waals surface area contributed by atoms with Crippen LogP contribution in [0.3, 0.4) is 0 Å². The van der Waals surface area contributed by atoms with Crippen molar-refractivity contribution in [3.63, 3.8) is 0 Å². The van der Waals surface area contributed by atoms with E-state index in [1.54, 1.807) is 0 Å². The highest BCUT2D eigenvalue weighted by Crippen LogP contribution is 2.33. The predicted molar refractivity (Wildman–Crippen MR) is 148 cm³/mol. The van der Waals surface area contributed by atoms with Crippen LogP contribution in [-0.4, -0.2) is 73.7 Å². The third kappa shape index (κ3) is 5.57. The lowest BCUT2D eigenvalue weighted by atomic mass is 10.1. The van der Waals surface area contributed by atoms with Gasteiger partial charge in [-0.3, -0.25) is 4.79 Å². The Balaban J connectivity index is 1.32. The fraction of sp³-hybridized carbons (Fsp3) is 0.393. The van der Waals surface area contributed by atoms with Gasteiger partial charge in [-0.05, 0) is 43.0 Å². The lowest BCUT2D eigenvalue weighted by molar-refractivity contribution is 0.0766. The second kappa shape index (κ2) is 11.9. The maximum atomic E-state index is 15.3. The summed E-state index contributed by atoms with van der Waals surface area (Å²) in [7, 11) is 1.52. The van der Waals surface area contributed by atoms with Gasteiger partial charge in [0, 0.05) is 56.9 Å². The summed E-state index contributed by atoms with van der Waals surface area (Å²) in [4.78, 5) is 33.4. The molecule has 0 spiro atoms. The molecular weight excluding hydrogens is 518 g/mol. The molecule has 1 amide bonds. The van der Waals surface area contributed by atoms with Crippen LogP contribution in [0.15, 0.2) is 43.1 Å². The molecule has 40 heavy (non-hydrogen) atoms. The number of halogens is 2. The van der Waals surface area contributed by atoms with E-state index in [0.717, 1.165) is 50.4 Å². The first-order chi connectivity index (χ1) is 19.4. The molecule has 1 aliphatic rings. The van der Waals surface area contributed by atoms with Crippen molar-refractivity contribution in [1.82, 2.24) is 29.4 Å². The zero-order valence-electron chi connectivity index (χ0n) is 22.5. The van der Waals surface area contributed by atoms with Crippen LogP contribution in [-0.2, 0) is 6.42 Å². The van der Waals surface area contributed by atoms with Gasteiger partial charge in [-0.1, -0.05) is 13.3 Å². The van der Waals surface area contributed by atoms with Crippen LogP contribution in [0.2, 0.25) is 0 Å². The Kier molecular flexibility index (Phi) is 8.15. The fourth-order valence-corrected chi connectivity index (χ4v) is 5.03. The molecule has 1 aromatic carbocycles. The number of piperidine rings is 1. The first-order valence-corrected chi connectivity index (χ1v) is 13.4. The van der Waals surface area contributed by atoms with Gasteiger partial charge >= 0.3 is 0 Å². The molecule has 0 aliphatic carbocycles. The smallest absolute Gasteiger partial charge is 0.253 e. The molecule has 1 aliphatic heterocycles. The molecule has 0 atom stereocenters. The van der Waals surface area contributed by atoms with Gasteiger partial charge in [-0.2, -0.15) is 0 Å². The molecule has 1 saturated heterocycles. The van der Waals surface area contributed by atoms with Crippen LogP contribution in [0.1, 0.15) is 48.1 Å². The summed E-state index contributed by atoms with van der Waals surface area (Å²) in [5.74, 6) is -0.779. The molecule has 0 saturated carbocycles. The van der Waals surface area contributed by atoms with Gasteiger partial charge in [-0.25, -0.2) is 28.7 Å². The summed E-state index contributed by atoms with van der Waals surface area (Å²) in [5.41, 5.74) is 1.73. The van der Waals surface area contributed by atoms with Crippen LogP contribution in [0.25, 0.3) is 11.0 Å². The second-order valence-electron chi connectivity index (χ2n) is 9.93. The molecule has 2 N–H and O–H groups in total. The summed E-state index contributed by atoms with van der Waals surface area (Å²) >= 11 is 0. The van der Waals surface area contributed by atoms with Gasteiger partial charge in [0.2, 0.25) is 5.95 Å². The number of carbonyl (C=O) groups is 1. The number of nitrogens with one attached hydrogen (secondary N) is 1. The number of benzene rings is 1. The number of aryl methyl sites for hydroxylation is 1. The Labute approximate surface area is 230 Å². The number of nitrogens with zero attached hydrogens (tertiary/aromatic N) is 7. The summed E-state index contributed by atoms with van der Waals surface area (Å²) in [6.07, 6.45) is 10.0. The highest BCUT2D eigenvalue weighted by atomic mass is 19.1. The number of aromatic nitrogens is 5. The monoisotopic (exact) mass is 550 g/mol. The van der Waals surface area contributed by atoms with E-state index in [2.05, 4.69) is 37.1 Å². The van der Waals surface area contributed by atoms with E-state index >= 15 is 4.39 Å². The van der Waals surface area contributed by atoms with Crippen LogP contribution in [0.5, 0.6) is 0 Å². The van der Waals surface area contributed by atoms with Gasteiger partial charge in [-0.15, -0.1) is 0 Å². The lowest BCUT2D eigenvalue weighted by Crippen LogP contribution is -2.35. The molecular formula is C28H32F2N8O2. The number of carbonyl (C=O) groups excluding carboxylic acids is 1. The van der Waals surface area contributed by atoms with Gasteiger partial charge < -0.3 is 24.8 Å². The first-order valence-electron chi connectivity index (χ1n) is 13.4. The summed E-state index contributed by atoms with van der Waals surface area (Å²) in [6.45, 7) is 3.50. The number of amides is 1. The van der Waals surface area contributed by atoms with E-state index in [9.17, 15) is 9.18 Å². The minimum Gasteiger partial charge on any atom is -0.395 e. The van der Waals surface area contributed by atoms with Crippen LogP contribution in [0.4, 0.5) is 26.2 Å². The number of hydrogen-bond acceptors (Lipinski definition) is 8. The molecule has 4 heterocycles. The molecule has 0 bridgehead atoms. The van der Waals surface area contributed by atoms with E-state index in [1.807, 2.05) is 17.0 Å². The molecule has 5 rings (SSSR count). The first kappa shape index (κ1) is 27.4. The normalized spacial score (nSPS) is 14.1. The van der Waals surface area contributed by atoms with Crippen molar-refractivity contribution in [2.45, 2.75) is 38.6 Å². The fourth-order valence-electron chi connectivity index (χ4n) is 5.03. The van der Waals surface area contributed by atoms with Crippen molar-refractivity contribution in [1.29, 1.82) is 0 Å². The maximum Gasteiger partial charge on any atom is 0.253 e. The van der Waals surface area contributed by atoms with E-state index in [0.29, 0.717) is 11.6 Å². The van der Waals surface area contributed by atoms with Crippen LogP contribution >= 0.6 is 0 Å². The molecule has 0 radical (unpaired) electrons. The van der Waals surface area contributed by atoms with Crippen molar-refractivity contribution in [3.8, 4) is 0 Å². The zero-order valence-corrected chi connectivity index (χ0v) is 22.5. The molecule has 4 aromatic rings. The average molecular weight is 551 g/mol. The molecule has 1 fully saturated rings. The quantitative estimate of drug-likeness (QED) is 0.320. The Morgan fingerprint density at radius 3 is 2.55 bits per heavy atom. The Morgan fingerprint density at radius 2 is 1.88 bits per heavy atom. The Hall–Kier alpha value is -4.19. The van der Waals surface area contributed by atoms with Crippen molar-refractivity contribution >= 4 is 34.4 Å². The van der Waals surface area contributed by atoms with Gasteiger partial charge in [0.25, 0.3) is 5.91 Å². The minimum atomic E-state index is -0.688. The molecule has 0 unspecified atom stereocenters. The van der Waals surface area contributed by atoms with Crippen molar-refractivity contribution in [3.05, 3.63) is 65.9 Å². The number of likely N-dealkylation sites (N-methyl/N-ethyl adjacent to an activating group) is 1. The summed E-state index contributed by atoms with van der Waals surface area (Å²) in [6, 6.07) is 4.00. The third-order valence-electron chi connectivity index (χ3n) is 7.19. The Morgan fingerprint density at radius 1 is 1.12 bits per heavy atom. The zero-order chi connectivity index (χ0) is 28.2. The van der Waals surface area contributed by atoms with E-state index in [-0.39, 0.29) is 41.6 Å². The van der Waals surface area contributed by atoms with Gasteiger partial charge in [0.1, 0.15) is 23.6 Å². The number of fused-ring (bicyclic) bond motifs is 1. The minimum absolute atomic E-state index is 0.0170. The maximum absolute atomic E-state index is 15.3. The molecule has 10 nitrogen and oxygen atoms in total. The SMILES string of the molecule is CCCc1cnc(N2CCC(n3cc(F)c4c(Nc5ccc(C(=O)N(C)CCO)cc5F)ncnc43)CC2)nc1. The van der Waals surface area contributed by atoms with Crippen molar-refractivity contribution < 1.29 is 18.7 Å². The van der Waals surface area contributed by atoms with Crippen molar-refractivity contribution in [2.24, 2.45) is 0 Å². The van der Waals surface area contributed by atoms with Gasteiger partial charge in [0.15, 0.2) is 5.82 Å². The number of aliphatic hydroxyl groups is 1.